The molecule has 1 fully saturated rings. The van der Waals surface area contributed by atoms with Crippen LogP contribution in [0.4, 0.5) is 0 Å². The van der Waals surface area contributed by atoms with E-state index in [2.05, 4.69) is 43.1 Å². The quantitative estimate of drug-likeness (QED) is 0.798. The second-order valence-corrected chi connectivity index (χ2v) is 6.52. The van der Waals surface area contributed by atoms with E-state index >= 15 is 0 Å². The Morgan fingerprint density at radius 2 is 2.11 bits per heavy atom. The third-order valence-electron chi connectivity index (χ3n) is 3.80. The molecule has 2 heterocycles. The highest BCUT2D eigenvalue weighted by Crippen LogP contribution is 2.29. The van der Waals surface area contributed by atoms with Crippen LogP contribution in [0.5, 0.6) is 0 Å². The Kier molecular flexibility index (Phi) is 5.06. The van der Waals surface area contributed by atoms with Crippen LogP contribution in [0, 0.1) is 5.41 Å². The summed E-state index contributed by atoms with van der Waals surface area (Å²) in [7, 11) is 0. The minimum absolute atomic E-state index is 0.455. The fraction of sp³-hybridized carbons (Fsp3) is 0.750. The molecule has 0 saturated carbocycles. The highest BCUT2D eigenvalue weighted by molar-refractivity contribution is 5.07. The van der Waals surface area contributed by atoms with Crippen molar-refractivity contribution < 1.29 is 4.42 Å². The molecule has 1 aliphatic heterocycles. The summed E-state index contributed by atoms with van der Waals surface area (Å²) in [6.07, 6.45) is 3.81. The number of hydrogen-bond acceptors (Lipinski definition) is 3. The molecule has 3 nitrogen and oxygen atoms in total. The molecule has 0 bridgehead atoms. The SMILES string of the molecule is CCCNCc1ccc(CN2CCCC(C)(C)C2)o1. The van der Waals surface area contributed by atoms with Crippen molar-refractivity contribution in [1.82, 2.24) is 10.2 Å². The lowest BCUT2D eigenvalue weighted by Gasteiger charge is -2.37. The van der Waals surface area contributed by atoms with Crippen LogP contribution in [0.3, 0.4) is 0 Å². The van der Waals surface area contributed by atoms with Crippen molar-refractivity contribution in [3.05, 3.63) is 23.7 Å². The van der Waals surface area contributed by atoms with Gasteiger partial charge in [-0.25, -0.2) is 0 Å². The monoisotopic (exact) mass is 264 g/mol. The Bertz CT molecular complexity index is 384. The highest BCUT2D eigenvalue weighted by Gasteiger charge is 2.26. The number of nitrogens with zero attached hydrogens (tertiary/aromatic N) is 1. The van der Waals surface area contributed by atoms with Gasteiger partial charge in [-0.1, -0.05) is 20.8 Å². The molecular formula is C16H28N2O. The molecule has 108 valence electrons. The molecule has 1 aliphatic rings. The van der Waals surface area contributed by atoms with E-state index in [1.54, 1.807) is 0 Å². The molecule has 0 spiro atoms. The lowest BCUT2D eigenvalue weighted by molar-refractivity contribution is 0.104. The minimum Gasteiger partial charge on any atom is -0.463 e. The van der Waals surface area contributed by atoms with Gasteiger partial charge in [0.25, 0.3) is 0 Å². The fourth-order valence-corrected chi connectivity index (χ4v) is 2.89. The Morgan fingerprint density at radius 1 is 1.32 bits per heavy atom. The summed E-state index contributed by atoms with van der Waals surface area (Å²) in [5, 5.41) is 3.37. The van der Waals surface area contributed by atoms with Crippen molar-refractivity contribution in [1.29, 1.82) is 0 Å². The van der Waals surface area contributed by atoms with Gasteiger partial charge in [-0.15, -0.1) is 0 Å². The molecule has 0 aromatic carbocycles. The Morgan fingerprint density at radius 3 is 2.84 bits per heavy atom. The van der Waals surface area contributed by atoms with E-state index in [9.17, 15) is 0 Å². The molecule has 0 radical (unpaired) electrons. The van der Waals surface area contributed by atoms with Crippen molar-refractivity contribution in [3.8, 4) is 0 Å². The largest absolute Gasteiger partial charge is 0.463 e. The van der Waals surface area contributed by atoms with Crippen LogP contribution in [0.25, 0.3) is 0 Å². The van der Waals surface area contributed by atoms with Crippen molar-refractivity contribution in [2.45, 2.75) is 53.1 Å². The van der Waals surface area contributed by atoms with Crippen molar-refractivity contribution in [2.24, 2.45) is 5.41 Å². The summed E-state index contributed by atoms with van der Waals surface area (Å²) in [5.74, 6) is 2.16. The van der Waals surface area contributed by atoms with E-state index in [0.29, 0.717) is 5.41 Å². The predicted molar refractivity (Wildman–Crippen MR) is 79.0 cm³/mol. The molecule has 3 heteroatoms. The zero-order valence-electron chi connectivity index (χ0n) is 12.7. The summed E-state index contributed by atoms with van der Waals surface area (Å²) in [4.78, 5) is 2.52. The first kappa shape index (κ1) is 14.6. The van der Waals surface area contributed by atoms with Gasteiger partial charge in [0.15, 0.2) is 0 Å². The third-order valence-corrected chi connectivity index (χ3v) is 3.80. The Hall–Kier alpha value is -0.800. The van der Waals surface area contributed by atoms with Gasteiger partial charge in [0.1, 0.15) is 11.5 Å². The predicted octanol–water partition coefficient (Wildman–Crippen LogP) is 3.40. The number of piperidine rings is 1. The molecule has 0 aliphatic carbocycles. The number of rotatable bonds is 6. The van der Waals surface area contributed by atoms with Crippen LogP contribution >= 0.6 is 0 Å². The molecule has 19 heavy (non-hydrogen) atoms. The first-order valence-electron chi connectivity index (χ1n) is 7.60. The lowest BCUT2D eigenvalue weighted by atomic mass is 9.84. The maximum absolute atomic E-state index is 5.90. The summed E-state index contributed by atoms with van der Waals surface area (Å²) >= 11 is 0. The van der Waals surface area contributed by atoms with Crippen LogP contribution in [0.1, 0.15) is 51.6 Å². The standard InChI is InChI=1S/C16H28N2O/c1-4-9-17-11-14-6-7-15(19-14)12-18-10-5-8-16(2,3)13-18/h6-7,17H,4-5,8-13H2,1-3H3. The van der Waals surface area contributed by atoms with E-state index in [4.69, 9.17) is 4.42 Å². The Labute approximate surface area is 117 Å². The number of likely N-dealkylation sites (tertiary alicyclic amines) is 1. The molecular weight excluding hydrogens is 236 g/mol. The second kappa shape index (κ2) is 6.58. The Balaban J connectivity index is 1.82. The van der Waals surface area contributed by atoms with E-state index < -0.39 is 0 Å². The zero-order valence-corrected chi connectivity index (χ0v) is 12.7. The topological polar surface area (TPSA) is 28.4 Å². The lowest BCUT2D eigenvalue weighted by Crippen LogP contribution is -2.39. The van der Waals surface area contributed by atoms with Gasteiger partial charge in [-0.2, -0.15) is 0 Å². The molecule has 0 unspecified atom stereocenters. The molecule has 0 amide bonds. The molecule has 1 N–H and O–H groups in total. The molecule has 1 saturated heterocycles. The van der Waals surface area contributed by atoms with Gasteiger partial charge < -0.3 is 9.73 Å². The number of nitrogens with one attached hydrogen (secondary N) is 1. The summed E-state index contributed by atoms with van der Waals surface area (Å²) < 4.78 is 5.90. The van der Waals surface area contributed by atoms with E-state index in [0.717, 1.165) is 37.6 Å². The first-order chi connectivity index (χ1) is 9.09. The minimum atomic E-state index is 0.455. The van der Waals surface area contributed by atoms with E-state index in [1.807, 2.05) is 0 Å². The summed E-state index contributed by atoms with van der Waals surface area (Å²) in [6, 6.07) is 4.23. The zero-order chi connectivity index (χ0) is 13.7. The molecule has 0 atom stereocenters. The normalized spacial score (nSPS) is 19.7. The van der Waals surface area contributed by atoms with Gasteiger partial charge in [-0.05, 0) is 49.9 Å². The molecule has 1 aromatic rings. The van der Waals surface area contributed by atoms with Crippen LogP contribution in [0.2, 0.25) is 0 Å². The van der Waals surface area contributed by atoms with Gasteiger partial charge in [0.05, 0.1) is 13.1 Å². The summed E-state index contributed by atoms with van der Waals surface area (Å²) in [6.45, 7) is 12.1. The first-order valence-corrected chi connectivity index (χ1v) is 7.60. The van der Waals surface area contributed by atoms with Gasteiger partial charge >= 0.3 is 0 Å². The van der Waals surface area contributed by atoms with Crippen LogP contribution in [-0.2, 0) is 13.1 Å². The van der Waals surface area contributed by atoms with Crippen LogP contribution in [-0.4, -0.2) is 24.5 Å². The van der Waals surface area contributed by atoms with Gasteiger partial charge in [0.2, 0.25) is 0 Å². The third kappa shape index (κ3) is 4.66. The second-order valence-electron chi connectivity index (χ2n) is 6.52. The van der Waals surface area contributed by atoms with Crippen LogP contribution in [0.15, 0.2) is 16.5 Å². The fourth-order valence-electron chi connectivity index (χ4n) is 2.89. The maximum atomic E-state index is 5.90. The molecule has 2 rings (SSSR count). The van der Waals surface area contributed by atoms with Crippen molar-refractivity contribution in [2.75, 3.05) is 19.6 Å². The van der Waals surface area contributed by atoms with Crippen molar-refractivity contribution in [3.63, 3.8) is 0 Å². The molecule has 1 aromatic heterocycles. The smallest absolute Gasteiger partial charge is 0.118 e. The summed E-state index contributed by atoms with van der Waals surface area (Å²) in [5.41, 5.74) is 0.455. The van der Waals surface area contributed by atoms with E-state index in [1.165, 1.54) is 25.9 Å². The number of hydrogen-bond donors (Lipinski definition) is 1. The van der Waals surface area contributed by atoms with Crippen molar-refractivity contribution >= 4 is 0 Å². The van der Waals surface area contributed by atoms with Crippen LogP contribution < -0.4 is 5.32 Å². The van der Waals surface area contributed by atoms with E-state index in [-0.39, 0.29) is 0 Å². The highest BCUT2D eigenvalue weighted by atomic mass is 16.3. The number of furan rings is 1. The van der Waals surface area contributed by atoms with Gasteiger partial charge in [0, 0.05) is 6.54 Å². The van der Waals surface area contributed by atoms with Gasteiger partial charge in [-0.3, -0.25) is 4.90 Å². The average molecular weight is 264 g/mol. The maximum Gasteiger partial charge on any atom is 0.118 e. The average Bonchev–Trinajstić information content (AvgIpc) is 2.76.